The molecule has 5 aromatic rings. The van der Waals surface area contributed by atoms with Gasteiger partial charge in [0.1, 0.15) is 5.75 Å². The van der Waals surface area contributed by atoms with Crippen LogP contribution in [0.1, 0.15) is 61.2 Å². The first kappa shape index (κ1) is 35.5. The highest BCUT2D eigenvalue weighted by Gasteiger charge is 2.33. The molecule has 0 spiro atoms. The molecule has 3 unspecified atom stereocenters. The summed E-state index contributed by atoms with van der Waals surface area (Å²) in [5, 5.41) is 37.7. The molecule has 0 aliphatic carbocycles. The van der Waals surface area contributed by atoms with Crippen LogP contribution in [-0.4, -0.2) is 54.1 Å². The number of phenolic OH excluding ortho intramolecular Hbond substituents is 1. The molecule has 3 atom stereocenters. The summed E-state index contributed by atoms with van der Waals surface area (Å²) in [4.78, 5) is 25.1. The molecule has 14 heteroatoms. The molecule has 51 heavy (non-hydrogen) atoms. The number of aliphatic hydroxyl groups excluding tert-OH is 1. The second-order valence-corrected chi connectivity index (χ2v) is 13.1. The van der Waals surface area contributed by atoms with Crippen molar-refractivity contribution in [3.63, 3.8) is 0 Å². The van der Waals surface area contributed by atoms with E-state index in [1.165, 1.54) is 11.8 Å². The van der Waals surface area contributed by atoms with Gasteiger partial charge in [0.05, 0.1) is 35.9 Å². The first-order valence-electron chi connectivity index (χ1n) is 16.6. The van der Waals surface area contributed by atoms with Crippen LogP contribution in [0.5, 0.6) is 5.75 Å². The molecular weight excluding hydrogens is 671 g/mol. The lowest BCUT2D eigenvalue weighted by Crippen LogP contribution is -2.31. The maximum absolute atomic E-state index is 12.8. The summed E-state index contributed by atoms with van der Waals surface area (Å²) in [6.45, 7) is -0.0514. The van der Waals surface area contributed by atoms with Gasteiger partial charge in [0.2, 0.25) is 17.0 Å². The molecule has 1 aliphatic heterocycles. The third-order valence-corrected chi connectivity index (χ3v) is 9.33. The van der Waals surface area contributed by atoms with Gasteiger partial charge in [0, 0.05) is 36.3 Å². The van der Waals surface area contributed by atoms with E-state index in [-0.39, 0.29) is 49.2 Å². The number of anilines is 3. The van der Waals surface area contributed by atoms with Crippen LogP contribution in [0.3, 0.4) is 0 Å². The van der Waals surface area contributed by atoms with Crippen LogP contribution >= 0.6 is 11.8 Å². The van der Waals surface area contributed by atoms with Gasteiger partial charge >= 0.3 is 0 Å². The van der Waals surface area contributed by atoms with Gasteiger partial charge in [-0.1, -0.05) is 60.3 Å². The molecule has 1 saturated heterocycles. The van der Waals surface area contributed by atoms with Crippen LogP contribution in [0.4, 0.5) is 17.1 Å². The summed E-state index contributed by atoms with van der Waals surface area (Å²) in [5.74, 6) is 0.365. The van der Waals surface area contributed by atoms with E-state index >= 15 is 0 Å². The average molecular weight is 710 g/mol. The van der Waals surface area contributed by atoms with Crippen LogP contribution in [0.15, 0.2) is 102 Å². The number of nitrogens with one attached hydrogen (secondary N) is 2. The molecule has 6 N–H and O–H groups in total. The first-order valence-corrected chi connectivity index (χ1v) is 17.6. The normalized spacial score (nSPS) is 17.2. The lowest BCUT2D eigenvalue weighted by molar-refractivity contribution is -0.245. The second kappa shape index (κ2) is 17.1. The molecule has 0 bridgehead atoms. The maximum Gasteiger partial charge on any atom is 0.224 e. The van der Waals surface area contributed by atoms with Crippen molar-refractivity contribution < 1.29 is 29.3 Å². The highest BCUT2D eigenvalue weighted by Crippen LogP contribution is 2.40. The van der Waals surface area contributed by atoms with E-state index in [0.29, 0.717) is 52.9 Å². The number of benzene rings is 4. The number of carbonyl (C=O) groups excluding carboxylic acids is 2. The minimum Gasteiger partial charge on any atom is -0.508 e. The van der Waals surface area contributed by atoms with Crippen molar-refractivity contribution in [1.82, 2.24) is 20.2 Å². The Kier molecular flexibility index (Phi) is 11.9. The molecule has 0 saturated carbocycles. The van der Waals surface area contributed by atoms with Crippen molar-refractivity contribution >= 4 is 40.6 Å². The lowest BCUT2D eigenvalue weighted by atomic mass is 10.0. The van der Waals surface area contributed by atoms with Crippen LogP contribution in [0, 0.1) is 0 Å². The zero-order valence-corrected chi connectivity index (χ0v) is 28.5. The largest absolute Gasteiger partial charge is 0.508 e. The zero-order chi connectivity index (χ0) is 35.6. The smallest absolute Gasteiger partial charge is 0.224 e. The van der Waals surface area contributed by atoms with Crippen LogP contribution in [0.25, 0.3) is 5.69 Å². The lowest BCUT2D eigenvalue weighted by Gasteiger charge is -2.36. The van der Waals surface area contributed by atoms with E-state index in [0.717, 1.165) is 16.7 Å². The highest BCUT2D eigenvalue weighted by atomic mass is 32.2. The number of rotatable bonds is 14. The standard InChI is InChI=1S/C37H39N7O6S/c38-31-8-1-2-9-32(31)40-35(48)11-4-3-10-34(47)39-27-7-5-6-26(20-27)36-49-30(21-33(50-36)25-14-12-24(22-45)13-15-25)23-51-37-41-42-43-44(37)28-16-18-29(46)19-17-28/h1-2,5-9,12-20,30,33,36,45-46H,3-4,10-11,21-23,38H2,(H,39,47)(H,40,48). The van der Waals surface area contributed by atoms with Crippen LogP contribution in [0.2, 0.25) is 0 Å². The number of nitrogens with zero attached hydrogens (tertiary/aromatic N) is 4. The van der Waals surface area contributed by atoms with Gasteiger partial charge in [-0.15, -0.1) is 5.10 Å². The number of carbonyl (C=O) groups is 2. The van der Waals surface area contributed by atoms with E-state index in [9.17, 15) is 19.8 Å². The predicted molar refractivity (Wildman–Crippen MR) is 193 cm³/mol. The molecule has 2 heterocycles. The molecular formula is C37H39N7O6S. The van der Waals surface area contributed by atoms with Gasteiger partial charge in [-0.2, -0.15) is 4.68 Å². The fourth-order valence-electron chi connectivity index (χ4n) is 5.60. The molecule has 6 rings (SSSR count). The minimum absolute atomic E-state index is 0.0514. The Balaban J connectivity index is 1.08. The fraction of sp³-hybridized carbons (Fsp3) is 0.270. The van der Waals surface area contributed by atoms with Gasteiger partial charge in [-0.25, -0.2) is 0 Å². The summed E-state index contributed by atoms with van der Waals surface area (Å²) < 4.78 is 14.6. The SMILES string of the molecule is Nc1ccccc1NC(=O)CCCCC(=O)Nc1cccc(C2OC(CSc3nnnn3-c3ccc(O)cc3)CC(c3ccc(CO)cc3)O2)c1. The molecule has 2 amide bonds. The Labute approximate surface area is 299 Å². The van der Waals surface area contributed by atoms with Gasteiger partial charge < -0.3 is 36.1 Å². The third kappa shape index (κ3) is 9.70. The van der Waals surface area contributed by atoms with Crippen LogP contribution < -0.4 is 16.4 Å². The number of hydrogen-bond acceptors (Lipinski definition) is 11. The molecule has 1 fully saturated rings. The van der Waals surface area contributed by atoms with E-state index in [4.69, 9.17) is 15.2 Å². The number of aliphatic hydroxyl groups is 1. The number of hydrogen-bond donors (Lipinski definition) is 5. The van der Waals surface area contributed by atoms with Crippen molar-refractivity contribution in [2.45, 2.75) is 62.4 Å². The summed E-state index contributed by atoms with van der Waals surface area (Å²) >= 11 is 1.45. The topological polar surface area (TPSA) is 187 Å². The number of ether oxygens (including phenoxy) is 2. The number of aromatic hydroxyl groups is 1. The third-order valence-electron chi connectivity index (χ3n) is 8.28. The number of para-hydroxylation sites is 2. The van der Waals surface area contributed by atoms with Crippen molar-refractivity contribution in [3.05, 3.63) is 114 Å². The second-order valence-electron chi connectivity index (χ2n) is 12.1. The number of phenols is 1. The molecule has 0 radical (unpaired) electrons. The Bertz CT molecular complexity index is 1920. The number of amides is 2. The van der Waals surface area contributed by atoms with Crippen molar-refractivity contribution in [2.75, 3.05) is 22.1 Å². The minimum atomic E-state index is -0.728. The number of tetrazole rings is 1. The summed E-state index contributed by atoms with van der Waals surface area (Å²) in [5.41, 5.74) is 10.8. The zero-order valence-electron chi connectivity index (χ0n) is 27.7. The van der Waals surface area contributed by atoms with Gasteiger partial charge in [-0.3, -0.25) is 9.59 Å². The summed E-state index contributed by atoms with van der Waals surface area (Å²) in [6, 6.07) is 28.7. The van der Waals surface area contributed by atoms with Gasteiger partial charge in [-0.05, 0) is 82.9 Å². The Hall–Kier alpha value is -5.28. The average Bonchev–Trinajstić information content (AvgIpc) is 3.62. The van der Waals surface area contributed by atoms with Crippen molar-refractivity contribution in [2.24, 2.45) is 0 Å². The fourth-order valence-corrected chi connectivity index (χ4v) is 6.50. The van der Waals surface area contributed by atoms with Gasteiger partial charge in [0.15, 0.2) is 6.29 Å². The Morgan fingerprint density at radius 2 is 1.63 bits per heavy atom. The van der Waals surface area contributed by atoms with Crippen LogP contribution in [-0.2, 0) is 25.7 Å². The highest BCUT2D eigenvalue weighted by molar-refractivity contribution is 7.99. The maximum atomic E-state index is 12.8. The molecule has 1 aliphatic rings. The van der Waals surface area contributed by atoms with Gasteiger partial charge in [0.25, 0.3) is 0 Å². The van der Waals surface area contributed by atoms with Crippen molar-refractivity contribution in [1.29, 1.82) is 0 Å². The molecule has 13 nitrogen and oxygen atoms in total. The van der Waals surface area contributed by atoms with E-state index in [1.54, 1.807) is 53.2 Å². The van der Waals surface area contributed by atoms with Crippen molar-refractivity contribution in [3.8, 4) is 11.4 Å². The number of nitrogens with two attached hydrogens (primary N) is 1. The predicted octanol–water partition coefficient (Wildman–Crippen LogP) is 5.92. The van der Waals surface area contributed by atoms with E-state index in [2.05, 4.69) is 26.2 Å². The number of nitrogen functional groups attached to an aromatic ring is 1. The molecule has 4 aromatic carbocycles. The number of aromatic nitrogens is 4. The van der Waals surface area contributed by atoms with E-state index in [1.807, 2.05) is 48.5 Å². The Morgan fingerprint density at radius 3 is 2.37 bits per heavy atom. The first-order chi connectivity index (χ1) is 24.8. The summed E-state index contributed by atoms with van der Waals surface area (Å²) in [6.07, 6.45) is 0.920. The van der Waals surface area contributed by atoms with E-state index < -0.39 is 6.29 Å². The molecule has 1 aromatic heterocycles. The number of thioether (sulfide) groups is 1. The number of unbranched alkanes of at least 4 members (excludes halogenated alkanes) is 1. The quantitative estimate of drug-likeness (QED) is 0.0524. The molecule has 264 valence electrons. The monoisotopic (exact) mass is 709 g/mol. The Morgan fingerprint density at radius 1 is 0.882 bits per heavy atom. The summed E-state index contributed by atoms with van der Waals surface area (Å²) in [7, 11) is 0.